The summed E-state index contributed by atoms with van der Waals surface area (Å²) in [6.07, 6.45) is 5.66. The van der Waals surface area contributed by atoms with Crippen LogP contribution in [0.4, 0.5) is 15.3 Å². The third-order valence-electron chi connectivity index (χ3n) is 7.67. The van der Waals surface area contributed by atoms with E-state index in [2.05, 4.69) is 17.4 Å². The summed E-state index contributed by atoms with van der Waals surface area (Å²) in [6, 6.07) is 15.5. The van der Waals surface area contributed by atoms with Crippen LogP contribution in [0.1, 0.15) is 64.0 Å². The molecule has 1 saturated heterocycles. The molecule has 3 atom stereocenters. The second-order valence-electron chi connectivity index (χ2n) is 10.9. The number of anilines is 1. The normalized spacial score (nSPS) is 25.6. The molecule has 1 heterocycles. The maximum absolute atomic E-state index is 13.1. The molecule has 2 aliphatic carbocycles. The van der Waals surface area contributed by atoms with Gasteiger partial charge in [-0.1, -0.05) is 37.1 Å². The monoisotopic (exact) mass is 462 g/mol. The standard InChI is InChI=1S/C28H34N2O4/c1-27(2,3)34-26(32)30-16-15-28-14-8-7-11-22(28)24(30)17-19-12-13-21(18-23(19)28)33-25(31)29-20-9-5-4-6-10-20/h4-6,9-10,12-13,18,22,24H,7-8,11,14-17H2,1-3H3,(H,29,31)/t22-,24+,28+/m0/s1. The summed E-state index contributed by atoms with van der Waals surface area (Å²) in [4.78, 5) is 27.5. The average Bonchev–Trinajstić information content (AvgIpc) is 2.79. The SMILES string of the molecule is CC(C)(C)OC(=O)N1CC[C@]23CCCC[C@H]2[C@H]1Cc1ccc(OC(=O)Nc2ccccc2)cc13. The quantitative estimate of drug-likeness (QED) is 0.569. The Labute approximate surface area is 201 Å². The Hall–Kier alpha value is -3.02. The lowest BCUT2D eigenvalue weighted by atomic mass is 9.52. The van der Waals surface area contributed by atoms with Crippen molar-refractivity contribution in [3.8, 4) is 5.75 Å². The molecule has 6 nitrogen and oxygen atoms in total. The fourth-order valence-electron chi connectivity index (χ4n) is 6.37. The molecule has 0 unspecified atom stereocenters. The fraction of sp³-hybridized carbons (Fsp3) is 0.500. The molecule has 2 bridgehead atoms. The first-order valence-corrected chi connectivity index (χ1v) is 12.4. The highest BCUT2D eigenvalue weighted by atomic mass is 16.6. The highest BCUT2D eigenvalue weighted by Gasteiger charge is 2.55. The number of nitrogens with zero attached hydrogens (tertiary/aromatic N) is 1. The van der Waals surface area contributed by atoms with Gasteiger partial charge in [-0.05, 0) is 87.8 Å². The van der Waals surface area contributed by atoms with Crippen LogP contribution in [0.2, 0.25) is 0 Å². The number of para-hydroxylation sites is 1. The summed E-state index contributed by atoms with van der Waals surface area (Å²) in [6.45, 7) is 6.47. The van der Waals surface area contributed by atoms with Gasteiger partial charge in [0.2, 0.25) is 0 Å². The molecule has 1 N–H and O–H groups in total. The van der Waals surface area contributed by atoms with Gasteiger partial charge in [-0.25, -0.2) is 9.59 Å². The Morgan fingerprint density at radius 1 is 1.06 bits per heavy atom. The second kappa shape index (κ2) is 8.64. The minimum Gasteiger partial charge on any atom is -0.444 e. The van der Waals surface area contributed by atoms with E-state index in [0.717, 1.165) is 25.7 Å². The number of fused-ring (bicyclic) bond motifs is 1. The van der Waals surface area contributed by atoms with E-state index in [4.69, 9.17) is 9.47 Å². The molecule has 3 aliphatic rings. The first kappa shape index (κ1) is 22.8. The van der Waals surface area contributed by atoms with Crippen LogP contribution >= 0.6 is 0 Å². The minimum atomic E-state index is -0.503. The zero-order chi connectivity index (χ0) is 23.9. The van der Waals surface area contributed by atoms with Gasteiger partial charge in [0.25, 0.3) is 0 Å². The predicted molar refractivity (Wildman–Crippen MR) is 131 cm³/mol. The molecule has 1 aliphatic heterocycles. The number of benzene rings is 2. The zero-order valence-corrected chi connectivity index (χ0v) is 20.3. The average molecular weight is 463 g/mol. The van der Waals surface area contributed by atoms with E-state index in [0.29, 0.717) is 23.9 Å². The molecule has 180 valence electrons. The van der Waals surface area contributed by atoms with Gasteiger partial charge in [0, 0.05) is 23.7 Å². The number of carbonyl (C=O) groups is 2. The molecule has 2 aromatic rings. The van der Waals surface area contributed by atoms with Crippen molar-refractivity contribution in [1.29, 1.82) is 0 Å². The summed E-state index contributed by atoms with van der Waals surface area (Å²) >= 11 is 0. The van der Waals surface area contributed by atoms with Crippen LogP contribution in [-0.4, -0.2) is 35.3 Å². The van der Waals surface area contributed by atoms with Crippen molar-refractivity contribution < 1.29 is 19.1 Å². The van der Waals surface area contributed by atoms with Gasteiger partial charge >= 0.3 is 12.2 Å². The number of amides is 2. The molecule has 2 fully saturated rings. The predicted octanol–water partition coefficient (Wildman–Crippen LogP) is 6.29. The van der Waals surface area contributed by atoms with E-state index < -0.39 is 11.7 Å². The van der Waals surface area contributed by atoms with E-state index in [1.807, 2.05) is 62.1 Å². The van der Waals surface area contributed by atoms with Crippen molar-refractivity contribution in [2.24, 2.45) is 5.92 Å². The first-order valence-electron chi connectivity index (χ1n) is 12.4. The maximum atomic E-state index is 13.1. The maximum Gasteiger partial charge on any atom is 0.417 e. The molecule has 34 heavy (non-hydrogen) atoms. The van der Waals surface area contributed by atoms with Crippen molar-refractivity contribution >= 4 is 17.9 Å². The number of piperidine rings is 1. The van der Waals surface area contributed by atoms with Crippen LogP contribution in [0, 0.1) is 5.92 Å². The van der Waals surface area contributed by atoms with E-state index in [-0.39, 0.29) is 17.6 Å². The van der Waals surface area contributed by atoms with Crippen molar-refractivity contribution in [1.82, 2.24) is 4.90 Å². The third kappa shape index (κ3) is 4.26. The van der Waals surface area contributed by atoms with E-state index in [9.17, 15) is 9.59 Å². The highest BCUT2D eigenvalue weighted by Crippen LogP contribution is 2.56. The Balaban J connectivity index is 1.41. The van der Waals surface area contributed by atoms with E-state index >= 15 is 0 Å². The Bertz CT molecular complexity index is 1080. The van der Waals surface area contributed by atoms with Crippen LogP contribution in [0.5, 0.6) is 5.75 Å². The molecule has 0 radical (unpaired) electrons. The van der Waals surface area contributed by atoms with Crippen LogP contribution in [0.15, 0.2) is 48.5 Å². The van der Waals surface area contributed by atoms with Crippen molar-refractivity contribution in [3.63, 3.8) is 0 Å². The van der Waals surface area contributed by atoms with Gasteiger partial charge in [0.05, 0.1) is 0 Å². The summed E-state index contributed by atoms with van der Waals surface area (Å²) < 4.78 is 11.4. The molecule has 0 spiro atoms. The van der Waals surface area contributed by atoms with Crippen LogP contribution in [-0.2, 0) is 16.6 Å². The topological polar surface area (TPSA) is 67.9 Å². The third-order valence-corrected chi connectivity index (χ3v) is 7.67. The summed E-state index contributed by atoms with van der Waals surface area (Å²) in [7, 11) is 0. The molecule has 2 aromatic carbocycles. The lowest BCUT2D eigenvalue weighted by Crippen LogP contribution is -2.62. The summed E-state index contributed by atoms with van der Waals surface area (Å²) in [5.74, 6) is 0.974. The molecule has 2 amide bonds. The highest BCUT2D eigenvalue weighted by molar-refractivity contribution is 5.86. The number of carbonyl (C=O) groups excluding carboxylic acids is 2. The van der Waals surface area contributed by atoms with Gasteiger partial charge in [-0.2, -0.15) is 0 Å². The lowest BCUT2D eigenvalue weighted by molar-refractivity contribution is -0.0349. The zero-order valence-electron chi connectivity index (χ0n) is 20.3. The van der Waals surface area contributed by atoms with Crippen molar-refractivity contribution in [2.75, 3.05) is 11.9 Å². The first-order chi connectivity index (χ1) is 16.2. The summed E-state index contributed by atoms with van der Waals surface area (Å²) in [5, 5.41) is 2.79. The van der Waals surface area contributed by atoms with Crippen LogP contribution in [0.25, 0.3) is 0 Å². The van der Waals surface area contributed by atoms with E-state index in [1.165, 1.54) is 24.0 Å². The minimum absolute atomic E-state index is 0.0320. The molecule has 5 rings (SSSR count). The smallest absolute Gasteiger partial charge is 0.417 e. The van der Waals surface area contributed by atoms with Gasteiger partial charge in [-0.15, -0.1) is 0 Å². The molecular weight excluding hydrogens is 428 g/mol. The Morgan fingerprint density at radius 2 is 1.85 bits per heavy atom. The number of nitrogens with one attached hydrogen (secondary N) is 1. The number of likely N-dealkylation sites (tertiary alicyclic amines) is 1. The molecule has 0 aromatic heterocycles. The number of rotatable bonds is 2. The van der Waals surface area contributed by atoms with Gasteiger partial charge < -0.3 is 14.4 Å². The van der Waals surface area contributed by atoms with Gasteiger partial charge in [0.1, 0.15) is 11.4 Å². The van der Waals surface area contributed by atoms with Gasteiger partial charge in [-0.3, -0.25) is 5.32 Å². The number of hydrogen-bond donors (Lipinski definition) is 1. The van der Waals surface area contributed by atoms with Crippen molar-refractivity contribution in [2.45, 2.75) is 76.4 Å². The largest absolute Gasteiger partial charge is 0.444 e. The number of ether oxygens (including phenoxy) is 2. The molecular formula is C28H34N2O4. The van der Waals surface area contributed by atoms with Crippen molar-refractivity contribution in [3.05, 3.63) is 59.7 Å². The number of hydrogen-bond acceptors (Lipinski definition) is 4. The van der Waals surface area contributed by atoms with Crippen LogP contribution < -0.4 is 10.1 Å². The lowest BCUT2D eigenvalue weighted by Gasteiger charge is -2.58. The Kier molecular flexibility index (Phi) is 5.78. The Morgan fingerprint density at radius 3 is 2.62 bits per heavy atom. The molecule has 1 saturated carbocycles. The van der Waals surface area contributed by atoms with E-state index in [1.54, 1.807) is 0 Å². The molecule has 6 heteroatoms. The second-order valence-corrected chi connectivity index (χ2v) is 10.9. The van der Waals surface area contributed by atoms with Crippen LogP contribution in [0.3, 0.4) is 0 Å². The fourth-order valence-corrected chi connectivity index (χ4v) is 6.37. The summed E-state index contributed by atoms with van der Waals surface area (Å²) in [5.41, 5.74) is 2.80. The van der Waals surface area contributed by atoms with Gasteiger partial charge in [0.15, 0.2) is 0 Å².